The third-order valence-corrected chi connectivity index (χ3v) is 6.21. The van der Waals surface area contributed by atoms with Gasteiger partial charge in [0.2, 0.25) is 0 Å². The fourth-order valence-electron chi connectivity index (χ4n) is 4.00. The van der Waals surface area contributed by atoms with Crippen LogP contribution in [0.3, 0.4) is 0 Å². The highest BCUT2D eigenvalue weighted by atomic mass is 16.6. The maximum Gasteiger partial charge on any atom is 0.407 e. The Morgan fingerprint density at radius 3 is 2.08 bits per heavy atom. The molecule has 1 saturated carbocycles. The quantitative estimate of drug-likeness (QED) is 0.430. The molecule has 1 heterocycles. The number of hydrogen-bond donors (Lipinski definition) is 1. The number of alkyl carbamates (subject to hydrolysis) is 1. The van der Waals surface area contributed by atoms with Crippen molar-refractivity contribution in [1.82, 2.24) is 15.3 Å². The molecule has 192 valence electrons. The lowest BCUT2D eigenvalue weighted by molar-refractivity contribution is -0.0243. The molecule has 1 N–H and O–H groups in total. The molecular formula is C29H32N4O4. The van der Waals surface area contributed by atoms with E-state index in [1.807, 2.05) is 63.2 Å². The van der Waals surface area contributed by atoms with Crippen molar-refractivity contribution in [2.45, 2.75) is 70.6 Å². The first-order valence-corrected chi connectivity index (χ1v) is 12.3. The molecule has 0 saturated heterocycles. The number of hydrogen-bond acceptors (Lipinski definition) is 7. The lowest BCUT2D eigenvalue weighted by Gasteiger charge is -2.35. The van der Waals surface area contributed by atoms with Crippen LogP contribution in [0.4, 0.5) is 4.79 Å². The first-order valence-electron chi connectivity index (χ1n) is 12.3. The van der Waals surface area contributed by atoms with Gasteiger partial charge in [0.1, 0.15) is 35.5 Å². The Labute approximate surface area is 217 Å². The Morgan fingerprint density at radius 2 is 1.51 bits per heavy atom. The Balaban J connectivity index is 1.31. The number of nitrogens with zero attached hydrogens (tertiary/aromatic N) is 3. The number of nitriles is 1. The zero-order chi connectivity index (χ0) is 26.6. The van der Waals surface area contributed by atoms with E-state index in [2.05, 4.69) is 41.3 Å². The Hall–Kier alpha value is -4.12. The van der Waals surface area contributed by atoms with Gasteiger partial charge in [0.05, 0.1) is 0 Å². The minimum atomic E-state index is -0.385. The van der Waals surface area contributed by atoms with Gasteiger partial charge in [-0.2, -0.15) is 10.2 Å². The predicted molar refractivity (Wildman–Crippen MR) is 139 cm³/mol. The van der Waals surface area contributed by atoms with Crippen LogP contribution in [-0.2, 0) is 10.2 Å². The van der Waals surface area contributed by atoms with Crippen molar-refractivity contribution in [2.75, 3.05) is 0 Å². The average Bonchev–Trinajstić information content (AvgIpc) is 2.82. The highest BCUT2D eigenvalue weighted by Gasteiger charge is 2.34. The Morgan fingerprint density at radius 1 is 0.919 bits per heavy atom. The van der Waals surface area contributed by atoms with Crippen LogP contribution in [0.1, 0.15) is 64.3 Å². The van der Waals surface area contributed by atoms with E-state index in [0.29, 0.717) is 18.6 Å². The molecule has 8 heteroatoms. The topological polar surface area (TPSA) is 106 Å². The van der Waals surface area contributed by atoms with Crippen LogP contribution < -0.4 is 14.8 Å². The van der Waals surface area contributed by atoms with E-state index in [9.17, 15) is 4.79 Å². The van der Waals surface area contributed by atoms with Crippen molar-refractivity contribution >= 4 is 6.09 Å². The number of benzene rings is 2. The normalized spacial score (nSPS) is 17.2. The summed E-state index contributed by atoms with van der Waals surface area (Å²) in [6.07, 6.45) is 2.41. The van der Waals surface area contributed by atoms with Crippen LogP contribution in [0.2, 0.25) is 0 Å². The second-order valence-corrected chi connectivity index (χ2v) is 10.7. The number of nitrogens with one attached hydrogen (secondary N) is 1. The summed E-state index contributed by atoms with van der Waals surface area (Å²) < 4.78 is 17.2. The van der Waals surface area contributed by atoms with Crippen LogP contribution in [0, 0.1) is 11.3 Å². The lowest BCUT2D eigenvalue weighted by atomic mass is 9.78. The van der Waals surface area contributed by atoms with Gasteiger partial charge in [-0.15, -0.1) is 0 Å². The van der Waals surface area contributed by atoms with E-state index >= 15 is 0 Å². The SMILES string of the molecule is CC(C)(C)NC(=O)OC1CC(Oc2ccc(C(C)(C)c3ccc(Oc4nccc(C#N)n4)cc3)cc2)C1. The third kappa shape index (κ3) is 6.76. The first kappa shape index (κ1) is 26.0. The summed E-state index contributed by atoms with van der Waals surface area (Å²) >= 11 is 0. The second-order valence-electron chi connectivity index (χ2n) is 10.7. The molecule has 8 nitrogen and oxygen atoms in total. The Bertz CT molecular complexity index is 1270. The van der Waals surface area contributed by atoms with Gasteiger partial charge in [0.25, 0.3) is 0 Å². The fourth-order valence-corrected chi connectivity index (χ4v) is 4.00. The summed E-state index contributed by atoms with van der Waals surface area (Å²) in [6, 6.07) is 19.5. The number of carbonyl (C=O) groups excluding carboxylic acids is 1. The third-order valence-electron chi connectivity index (χ3n) is 6.21. The van der Waals surface area contributed by atoms with E-state index in [4.69, 9.17) is 19.5 Å². The zero-order valence-electron chi connectivity index (χ0n) is 21.8. The molecule has 1 aliphatic carbocycles. The number of amides is 1. The average molecular weight is 501 g/mol. The molecule has 1 fully saturated rings. The van der Waals surface area contributed by atoms with Crippen molar-refractivity contribution in [2.24, 2.45) is 0 Å². The van der Waals surface area contributed by atoms with Crippen LogP contribution >= 0.6 is 0 Å². The summed E-state index contributed by atoms with van der Waals surface area (Å²) in [5.74, 6) is 1.39. The van der Waals surface area contributed by atoms with E-state index in [1.165, 1.54) is 12.3 Å². The number of ether oxygens (including phenoxy) is 3. The first-order chi connectivity index (χ1) is 17.5. The molecule has 0 aliphatic heterocycles. The molecule has 0 atom stereocenters. The van der Waals surface area contributed by atoms with Gasteiger partial charge < -0.3 is 19.5 Å². The van der Waals surface area contributed by atoms with Crippen molar-refractivity contribution in [3.05, 3.63) is 77.6 Å². The van der Waals surface area contributed by atoms with E-state index in [-0.39, 0.29) is 41.0 Å². The molecule has 0 bridgehead atoms. The number of carbonyl (C=O) groups is 1. The van der Waals surface area contributed by atoms with Gasteiger partial charge in [-0.25, -0.2) is 9.78 Å². The highest BCUT2D eigenvalue weighted by Crippen LogP contribution is 2.35. The molecule has 3 aromatic rings. The molecule has 4 rings (SSSR count). The van der Waals surface area contributed by atoms with Gasteiger partial charge >= 0.3 is 12.1 Å². The zero-order valence-corrected chi connectivity index (χ0v) is 21.8. The maximum absolute atomic E-state index is 11.9. The smallest absolute Gasteiger partial charge is 0.407 e. The lowest BCUT2D eigenvalue weighted by Crippen LogP contribution is -2.46. The van der Waals surface area contributed by atoms with Crippen LogP contribution in [0.25, 0.3) is 0 Å². The van der Waals surface area contributed by atoms with Crippen molar-refractivity contribution < 1.29 is 19.0 Å². The molecule has 0 spiro atoms. The summed E-state index contributed by atoms with van der Waals surface area (Å²) in [7, 11) is 0. The minimum Gasteiger partial charge on any atom is -0.490 e. The van der Waals surface area contributed by atoms with Crippen molar-refractivity contribution in [3.8, 4) is 23.6 Å². The van der Waals surface area contributed by atoms with Gasteiger partial charge in [-0.3, -0.25) is 0 Å². The van der Waals surface area contributed by atoms with Crippen molar-refractivity contribution in [3.63, 3.8) is 0 Å². The predicted octanol–water partition coefficient (Wildman–Crippen LogP) is 5.90. The highest BCUT2D eigenvalue weighted by molar-refractivity contribution is 5.68. The summed E-state index contributed by atoms with van der Waals surface area (Å²) in [4.78, 5) is 20.0. The molecule has 1 aromatic heterocycles. The maximum atomic E-state index is 11.9. The molecule has 0 radical (unpaired) electrons. The monoisotopic (exact) mass is 500 g/mol. The summed E-state index contributed by atoms with van der Waals surface area (Å²) in [5.41, 5.74) is 1.95. The van der Waals surface area contributed by atoms with E-state index < -0.39 is 0 Å². The fraction of sp³-hybridized carbons (Fsp3) is 0.379. The molecule has 1 amide bonds. The van der Waals surface area contributed by atoms with Gasteiger partial charge in [-0.05, 0) is 62.2 Å². The summed E-state index contributed by atoms with van der Waals surface area (Å²) in [6.45, 7) is 10.1. The van der Waals surface area contributed by atoms with Crippen molar-refractivity contribution in [1.29, 1.82) is 5.26 Å². The van der Waals surface area contributed by atoms with E-state index in [1.54, 1.807) is 0 Å². The van der Waals surface area contributed by atoms with Crippen LogP contribution in [0.15, 0.2) is 60.8 Å². The van der Waals surface area contributed by atoms with Crippen LogP contribution in [0.5, 0.6) is 17.5 Å². The number of aromatic nitrogens is 2. The Kier molecular flexibility index (Phi) is 7.35. The van der Waals surface area contributed by atoms with Crippen LogP contribution in [-0.4, -0.2) is 33.8 Å². The number of rotatable bonds is 7. The standard InChI is InChI=1S/C29H32N4O4/c1-28(2,3)33-27(34)37-25-16-24(17-25)35-22-10-6-19(7-11-22)29(4,5)20-8-12-23(13-9-20)36-26-31-15-14-21(18-30)32-26/h6-15,24-25H,16-17H2,1-5H3,(H,33,34). The minimum absolute atomic E-state index is 0.0386. The molecular weight excluding hydrogens is 468 g/mol. The molecule has 2 aromatic carbocycles. The molecule has 1 aliphatic rings. The van der Waals surface area contributed by atoms with Gasteiger partial charge in [-0.1, -0.05) is 38.1 Å². The van der Waals surface area contributed by atoms with Gasteiger partial charge in [0, 0.05) is 30.0 Å². The largest absolute Gasteiger partial charge is 0.490 e. The molecule has 0 unspecified atom stereocenters. The van der Waals surface area contributed by atoms with E-state index in [0.717, 1.165) is 16.9 Å². The summed E-state index contributed by atoms with van der Waals surface area (Å²) in [5, 5.41) is 11.8. The second kappa shape index (κ2) is 10.5. The molecule has 37 heavy (non-hydrogen) atoms. The van der Waals surface area contributed by atoms with Gasteiger partial charge in [0.15, 0.2) is 0 Å².